The van der Waals surface area contributed by atoms with Crippen molar-refractivity contribution in [2.45, 2.75) is 19.3 Å². The highest BCUT2D eigenvalue weighted by molar-refractivity contribution is 5.95. The van der Waals surface area contributed by atoms with Crippen LogP contribution in [0.4, 0.5) is 5.88 Å². The number of pyridine rings is 1. The molecule has 0 radical (unpaired) electrons. The van der Waals surface area contributed by atoms with Crippen LogP contribution in [0.2, 0.25) is 0 Å². The van der Waals surface area contributed by atoms with Crippen molar-refractivity contribution in [3.8, 4) is 11.4 Å². The normalized spacial score (nSPS) is 11.9. The molecule has 0 saturated heterocycles. The van der Waals surface area contributed by atoms with Crippen molar-refractivity contribution in [3.05, 3.63) is 66.4 Å². The fraction of sp³-hybridized carbons (Fsp3) is 0.167. The van der Waals surface area contributed by atoms with Crippen molar-refractivity contribution in [3.63, 3.8) is 0 Å². The number of benzene rings is 1. The first kappa shape index (κ1) is 15.0. The fourth-order valence-electron chi connectivity index (χ4n) is 2.44. The molecule has 1 amide bonds. The molecule has 1 N–H and O–H groups in total. The Hall–Kier alpha value is -2.95. The number of nitrogens with zero attached hydrogens (tertiary/aromatic N) is 2. The van der Waals surface area contributed by atoms with Crippen LogP contribution in [0.5, 0.6) is 0 Å². The topological polar surface area (TPSA) is 68.0 Å². The minimum Gasteiger partial charge on any atom is -0.338 e. The van der Waals surface area contributed by atoms with Gasteiger partial charge in [0, 0.05) is 12.3 Å². The predicted octanol–water partition coefficient (Wildman–Crippen LogP) is 3.87. The van der Waals surface area contributed by atoms with E-state index < -0.39 is 0 Å². The number of aromatic nitrogens is 2. The Bertz CT molecular complexity index is 769. The van der Waals surface area contributed by atoms with Crippen LogP contribution in [0.15, 0.2) is 65.3 Å². The maximum atomic E-state index is 12.5. The predicted molar refractivity (Wildman–Crippen MR) is 87.8 cm³/mol. The van der Waals surface area contributed by atoms with Crippen LogP contribution in [-0.4, -0.2) is 16.0 Å². The molecule has 1 unspecified atom stereocenters. The van der Waals surface area contributed by atoms with Crippen molar-refractivity contribution < 1.29 is 9.32 Å². The van der Waals surface area contributed by atoms with Crippen molar-refractivity contribution in [2.24, 2.45) is 0 Å². The zero-order chi connectivity index (χ0) is 16.1. The summed E-state index contributed by atoms with van der Waals surface area (Å²) in [5.74, 6) is -0.00736. The second-order valence-electron chi connectivity index (χ2n) is 5.15. The van der Waals surface area contributed by atoms with Gasteiger partial charge in [-0.3, -0.25) is 15.1 Å². The van der Waals surface area contributed by atoms with Crippen molar-refractivity contribution >= 4 is 11.8 Å². The largest absolute Gasteiger partial charge is 0.338 e. The van der Waals surface area contributed by atoms with E-state index >= 15 is 0 Å². The third-order valence-corrected chi connectivity index (χ3v) is 3.61. The van der Waals surface area contributed by atoms with E-state index in [-0.39, 0.29) is 11.8 Å². The van der Waals surface area contributed by atoms with Crippen molar-refractivity contribution in [1.29, 1.82) is 0 Å². The summed E-state index contributed by atoms with van der Waals surface area (Å²) in [5, 5.41) is 6.73. The highest BCUT2D eigenvalue weighted by Gasteiger charge is 2.20. The lowest BCUT2D eigenvalue weighted by Gasteiger charge is -2.13. The SMILES string of the molecule is CCC(C(=O)Nc1cc(-c2ccccn2)no1)c1ccccc1. The minimum absolute atomic E-state index is 0.109. The Morgan fingerprint density at radius 3 is 2.61 bits per heavy atom. The van der Waals surface area contributed by atoms with E-state index in [2.05, 4.69) is 15.5 Å². The van der Waals surface area contributed by atoms with Gasteiger partial charge in [-0.1, -0.05) is 48.5 Å². The molecule has 0 saturated carbocycles. The molecule has 0 fully saturated rings. The molecule has 0 spiro atoms. The smallest absolute Gasteiger partial charge is 0.234 e. The molecule has 1 aromatic carbocycles. The van der Waals surface area contributed by atoms with Gasteiger partial charge in [0.05, 0.1) is 11.6 Å². The molecule has 0 bridgehead atoms. The molecule has 2 aromatic heterocycles. The summed E-state index contributed by atoms with van der Waals surface area (Å²) >= 11 is 0. The maximum Gasteiger partial charge on any atom is 0.234 e. The van der Waals surface area contributed by atoms with Crippen LogP contribution in [-0.2, 0) is 4.79 Å². The first-order chi connectivity index (χ1) is 11.3. The highest BCUT2D eigenvalue weighted by atomic mass is 16.5. The molecule has 3 rings (SSSR count). The Morgan fingerprint density at radius 2 is 1.91 bits per heavy atom. The Labute approximate surface area is 134 Å². The molecule has 23 heavy (non-hydrogen) atoms. The number of anilines is 1. The molecule has 116 valence electrons. The first-order valence-corrected chi connectivity index (χ1v) is 7.52. The first-order valence-electron chi connectivity index (χ1n) is 7.52. The molecule has 0 aliphatic heterocycles. The van der Waals surface area contributed by atoms with Crippen LogP contribution < -0.4 is 5.32 Å². The van der Waals surface area contributed by atoms with Gasteiger partial charge in [0.15, 0.2) is 0 Å². The monoisotopic (exact) mass is 307 g/mol. The average molecular weight is 307 g/mol. The molecule has 5 nitrogen and oxygen atoms in total. The van der Waals surface area contributed by atoms with E-state index in [9.17, 15) is 4.79 Å². The Balaban J connectivity index is 1.74. The summed E-state index contributed by atoms with van der Waals surface area (Å²) in [5.41, 5.74) is 2.28. The van der Waals surface area contributed by atoms with Gasteiger partial charge in [-0.25, -0.2) is 0 Å². The maximum absolute atomic E-state index is 12.5. The van der Waals surface area contributed by atoms with Crippen LogP contribution in [0, 0.1) is 0 Å². The van der Waals surface area contributed by atoms with E-state index in [0.717, 1.165) is 5.56 Å². The van der Waals surface area contributed by atoms with Gasteiger partial charge in [-0.05, 0) is 24.1 Å². The Morgan fingerprint density at radius 1 is 1.13 bits per heavy atom. The summed E-state index contributed by atoms with van der Waals surface area (Å²) in [6.45, 7) is 1.98. The van der Waals surface area contributed by atoms with Gasteiger partial charge < -0.3 is 4.52 Å². The lowest BCUT2D eigenvalue weighted by Crippen LogP contribution is -2.20. The highest BCUT2D eigenvalue weighted by Crippen LogP contribution is 2.23. The van der Waals surface area contributed by atoms with Crippen LogP contribution >= 0.6 is 0 Å². The zero-order valence-corrected chi connectivity index (χ0v) is 12.8. The summed E-state index contributed by atoms with van der Waals surface area (Å²) in [6, 6.07) is 16.9. The van der Waals surface area contributed by atoms with Gasteiger partial charge in [0.25, 0.3) is 0 Å². The molecule has 5 heteroatoms. The molecule has 1 atom stereocenters. The van der Waals surface area contributed by atoms with Gasteiger partial charge in [0.2, 0.25) is 11.8 Å². The standard InChI is InChI=1S/C18H17N3O2/c1-2-14(13-8-4-3-5-9-13)18(22)20-17-12-16(21-23-17)15-10-6-7-11-19-15/h3-12,14H,2H2,1H3,(H,20,22). The van der Waals surface area contributed by atoms with E-state index in [1.165, 1.54) is 0 Å². The van der Waals surface area contributed by atoms with Crippen LogP contribution in [0.1, 0.15) is 24.8 Å². The van der Waals surface area contributed by atoms with Crippen LogP contribution in [0.25, 0.3) is 11.4 Å². The number of rotatable bonds is 5. The van der Waals surface area contributed by atoms with Gasteiger partial charge in [-0.15, -0.1) is 0 Å². The summed E-state index contributed by atoms with van der Waals surface area (Å²) < 4.78 is 5.20. The molecule has 0 aliphatic rings. The number of hydrogen-bond acceptors (Lipinski definition) is 4. The number of carbonyl (C=O) groups excluding carboxylic acids is 1. The fourth-order valence-corrected chi connectivity index (χ4v) is 2.44. The van der Waals surface area contributed by atoms with E-state index in [4.69, 9.17) is 4.52 Å². The van der Waals surface area contributed by atoms with E-state index in [1.807, 2.05) is 55.5 Å². The molecule has 0 aliphatic carbocycles. The lowest BCUT2D eigenvalue weighted by molar-refractivity contribution is -0.117. The second-order valence-corrected chi connectivity index (χ2v) is 5.15. The number of hydrogen-bond donors (Lipinski definition) is 1. The van der Waals surface area contributed by atoms with Gasteiger partial charge >= 0.3 is 0 Å². The Kier molecular flexibility index (Phi) is 4.47. The quantitative estimate of drug-likeness (QED) is 0.777. The number of nitrogens with one attached hydrogen (secondary N) is 1. The van der Waals surface area contributed by atoms with Crippen molar-refractivity contribution in [1.82, 2.24) is 10.1 Å². The van der Waals surface area contributed by atoms with E-state index in [0.29, 0.717) is 23.7 Å². The van der Waals surface area contributed by atoms with E-state index in [1.54, 1.807) is 12.3 Å². The zero-order valence-electron chi connectivity index (χ0n) is 12.8. The van der Waals surface area contributed by atoms with Crippen LogP contribution in [0.3, 0.4) is 0 Å². The molecular weight excluding hydrogens is 290 g/mol. The second kappa shape index (κ2) is 6.87. The third kappa shape index (κ3) is 3.45. The molecule has 2 heterocycles. The van der Waals surface area contributed by atoms with Gasteiger partial charge in [-0.2, -0.15) is 0 Å². The summed E-state index contributed by atoms with van der Waals surface area (Å²) in [7, 11) is 0. The minimum atomic E-state index is -0.223. The lowest BCUT2D eigenvalue weighted by atomic mass is 9.96. The number of amides is 1. The average Bonchev–Trinajstić information content (AvgIpc) is 3.06. The van der Waals surface area contributed by atoms with Crippen molar-refractivity contribution in [2.75, 3.05) is 5.32 Å². The molecular formula is C18H17N3O2. The third-order valence-electron chi connectivity index (χ3n) is 3.61. The summed E-state index contributed by atoms with van der Waals surface area (Å²) in [4.78, 5) is 16.7. The number of carbonyl (C=O) groups is 1. The van der Waals surface area contributed by atoms with Gasteiger partial charge in [0.1, 0.15) is 5.69 Å². The molecule has 3 aromatic rings. The summed E-state index contributed by atoms with van der Waals surface area (Å²) in [6.07, 6.45) is 2.39.